The third kappa shape index (κ3) is 6.77. The van der Waals surface area contributed by atoms with Gasteiger partial charge >= 0.3 is 0 Å². The molecule has 1 N–H and O–H groups in total. The number of benzene rings is 2. The number of aromatic hydroxyl groups is 1. The second-order valence-electron chi connectivity index (χ2n) is 9.05. The van der Waals surface area contributed by atoms with Crippen LogP contribution in [0.3, 0.4) is 0 Å². The summed E-state index contributed by atoms with van der Waals surface area (Å²) in [5, 5.41) is 9.92. The van der Waals surface area contributed by atoms with E-state index in [2.05, 4.69) is 44.7 Å². The van der Waals surface area contributed by atoms with Gasteiger partial charge in [-0.1, -0.05) is 65.8 Å². The maximum Gasteiger partial charge on any atom is 0.175 e. The molecule has 0 fully saturated rings. The van der Waals surface area contributed by atoms with Crippen molar-refractivity contribution in [3.63, 3.8) is 0 Å². The molecule has 0 atom stereocenters. The van der Waals surface area contributed by atoms with Gasteiger partial charge in [-0.3, -0.25) is 4.79 Å². The Hall–Kier alpha value is -1.94. The monoisotopic (exact) mass is 444 g/mol. The molecule has 0 aliphatic rings. The molecule has 0 aliphatic carbocycles. The van der Waals surface area contributed by atoms with Crippen molar-refractivity contribution in [2.75, 3.05) is 12.4 Å². The summed E-state index contributed by atoms with van der Waals surface area (Å²) >= 11 is 3.79. The van der Waals surface area contributed by atoms with E-state index in [0.717, 1.165) is 35.5 Å². The summed E-state index contributed by atoms with van der Waals surface area (Å²) < 4.78 is 5.82. The van der Waals surface area contributed by atoms with Crippen LogP contribution in [0.15, 0.2) is 36.4 Å². The van der Waals surface area contributed by atoms with E-state index in [1.54, 1.807) is 6.07 Å². The van der Waals surface area contributed by atoms with Crippen molar-refractivity contribution < 1.29 is 14.6 Å². The van der Waals surface area contributed by atoms with Crippen LogP contribution in [0.25, 0.3) is 0 Å². The van der Waals surface area contributed by atoms with Crippen LogP contribution in [-0.4, -0.2) is 23.2 Å². The Morgan fingerprint density at radius 3 is 1.84 bits per heavy atom. The van der Waals surface area contributed by atoms with Crippen LogP contribution in [0.4, 0.5) is 0 Å². The molecule has 31 heavy (non-hydrogen) atoms. The van der Waals surface area contributed by atoms with E-state index in [1.165, 1.54) is 11.1 Å². The number of hydrogen-bond acceptors (Lipinski definition) is 4. The summed E-state index contributed by atoms with van der Waals surface area (Å²) in [4.78, 5) is 12.2. The minimum absolute atomic E-state index is 0.0898. The van der Waals surface area contributed by atoms with Crippen LogP contribution in [0.1, 0.15) is 76.6 Å². The molecular formula is C27H40O3S. The van der Waals surface area contributed by atoms with Gasteiger partial charge in [-0.2, -0.15) is 12.6 Å². The Kier molecular flexibility index (Phi) is 10.2. The molecule has 0 aliphatic heterocycles. The van der Waals surface area contributed by atoms with Gasteiger partial charge < -0.3 is 9.84 Å². The lowest BCUT2D eigenvalue weighted by atomic mass is 9.70. The van der Waals surface area contributed by atoms with Gasteiger partial charge in [0.05, 0.1) is 0 Å². The average Bonchev–Trinajstić information content (AvgIpc) is 2.71. The largest absolute Gasteiger partial charge is 0.508 e. The SMILES string of the molecule is CCC(CC)(c1ccc(O)c(C)c1)c1ccc(OCC(=O)C(C)(C)C)c(C)c1.CCS. The first-order chi connectivity index (χ1) is 14.5. The first kappa shape index (κ1) is 27.1. The zero-order valence-corrected chi connectivity index (χ0v) is 21.4. The average molecular weight is 445 g/mol. The molecule has 0 amide bonds. The highest BCUT2D eigenvalue weighted by atomic mass is 32.1. The van der Waals surface area contributed by atoms with Crippen LogP contribution in [0.2, 0.25) is 0 Å². The maximum atomic E-state index is 12.2. The number of ether oxygens (including phenoxy) is 1. The minimum atomic E-state index is -0.399. The van der Waals surface area contributed by atoms with Crippen molar-refractivity contribution >= 4 is 18.4 Å². The van der Waals surface area contributed by atoms with Gasteiger partial charge in [-0.25, -0.2) is 0 Å². The summed E-state index contributed by atoms with van der Waals surface area (Å²) in [5.41, 5.74) is 3.84. The van der Waals surface area contributed by atoms with Gasteiger partial charge in [-0.15, -0.1) is 0 Å². The van der Waals surface area contributed by atoms with Gasteiger partial charge in [0.1, 0.15) is 18.1 Å². The molecule has 0 saturated heterocycles. The third-order valence-electron chi connectivity index (χ3n) is 5.88. The number of phenols is 1. The molecule has 2 aromatic rings. The molecular weight excluding hydrogens is 404 g/mol. The number of thiol groups is 1. The Morgan fingerprint density at radius 1 is 0.935 bits per heavy atom. The van der Waals surface area contributed by atoms with Gasteiger partial charge in [-0.05, 0) is 66.8 Å². The molecule has 0 aromatic heterocycles. The summed E-state index contributed by atoms with van der Waals surface area (Å²) in [7, 11) is 0. The number of hydrogen-bond donors (Lipinski definition) is 2. The number of carbonyl (C=O) groups is 1. The first-order valence-electron chi connectivity index (χ1n) is 11.1. The molecule has 0 heterocycles. The van der Waals surface area contributed by atoms with Gasteiger partial charge in [0.15, 0.2) is 5.78 Å². The van der Waals surface area contributed by atoms with Crippen LogP contribution in [-0.2, 0) is 10.2 Å². The first-order valence-corrected chi connectivity index (χ1v) is 11.8. The van der Waals surface area contributed by atoms with E-state index in [4.69, 9.17) is 4.74 Å². The fourth-order valence-electron chi connectivity index (χ4n) is 3.66. The predicted molar refractivity (Wildman–Crippen MR) is 135 cm³/mol. The lowest BCUT2D eigenvalue weighted by Crippen LogP contribution is -2.27. The third-order valence-corrected chi connectivity index (χ3v) is 5.88. The van der Waals surface area contributed by atoms with Crippen molar-refractivity contribution in [3.8, 4) is 11.5 Å². The van der Waals surface area contributed by atoms with Crippen LogP contribution in [0, 0.1) is 19.3 Å². The van der Waals surface area contributed by atoms with E-state index < -0.39 is 5.41 Å². The number of carbonyl (C=O) groups excluding carboxylic acids is 1. The number of phenolic OH excluding ortho intramolecular Hbond substituents is 1. The number of ketones is 1. The number of rotatable bonds is 7. The maximum absolute atomic E-state index is 12.2. The second kappa shape index (κ2) is 11.6. The predicted octanol–water partition coefficient (Wildman–Crippen LogP) is 7.05. The molecule has 3 nitrogen and oxygen atoms in total. The molecule has 172 valence electrons. The Bertz CT molecular complexity index is 861. The molecule has 2 rings (SSSR count). The quantitative estimate of drug-likeness (QED) is 0.450. The minimum Gasteiger partial charge on any atom is -0.508 e. The molecule has 0 bridgehead atoms. The highest BCUT2D eigenvalue weighted by molar-refractivity contribution is 7.80. The molecule has 0 saturated carbocycles. The lowest BCUT2D eigenvalue weighted by molar-refractivity contribution is -0.128. The van der Waals surface area contributed by atoms with Crippen LogP contribution >= 0.6 is 12.6 Å². The van der Waals surface area contributed by atoms with Crippen molar-refractivity contribution in [3.05, 3.63) is 58.7 Å². The molecule has 4 heteroatoms. The van der Waals surface area contributed by atoms with E-state index in [-0.39, 0.29) is 17.8 Å². The molecule has 0 spiro atoms. The van der Waals surface area contributed by atoms with E-state index in [0.29, 0.717) is 5.75 Å². The summed E-state index contributed by atoms with van der Waals surface area (Å²) in [6.07, 6.45) is 1.91. The zero-order chi connectivity index (χ0) is 23.8. The summed E-state index contributed by atoms with van der Waals surface area (Å²) in [5.74, 6) is 2.12. The van der Waals surface area contributed by atoms with Crippen LogP contribution < -0.4 is 4.74 Å². The topological polar surface area (TPSA) is 46.5 Å². The Balaban J connectivity index is 0.00000151. The van der Waals surface area contributed by atoms with Crippen molar-refractivity contribution in [2.24, 2.45) is 5.41 Å². The fourth-order valence-corrected chi connectivity index (χ4v) is 3.66. The molecule has 2 aromatic carbocycles. The second-order valence-corrected chi connectivity index (χ2v) is 9.68. The van der Waals surface area contributed by atoms with Gasteiger partial charge in [0, 0.05) is 10.8 Å². The van der Waals surface area contributed by atoms with Crippen molar-refractivity contribution in [1.29, 1.82) is 0 Å². The smallest absolute Gasteiger partial charge is 0.175 e. The van der Waals surface area contributed by atoms with Crippen LogP contribution in [0.5, 0.6) is 11.5 Å². The molecule has 0 unspecified atom stereocenters. The summed E-state index contributed by atoms with van der Waals surface area (Å²) in [6, 6.07) is 12.2. The fraction of sp³-hybridized carbons (Fsp3) is 0.519. The lowest BCUT2D eigenvalue weighted by Gasteiger charge is -2.34. The molecule has 0 radical (unpaired) electrons. The zero-order valence-electron chi connectivity index (χ0n) is 20.5. The highest BCUT2D eigenvalue weighted by Crippen LogP contribution is 2.41. The standard InChI is InChI=1S/C25H34O3.C2H6S/c1-8-25(9-2,19-10-12-21(26)17(3)14-19)20-11-13-22(18(4)15-20)28-16-23(27)24(5,6)7;1-2-3/h10-15,26H,8-9,16H2,1-7H3;3H,2H2,1H3. The number of aryl methyl sites for hydroxylation is 2. The van der Waals surface area contributed by atoms with Crippen molar-refractivity contribution in [2.45, 2.75) is 73.6 Å². The van der Waals surface area contributed by atoms with E-state index in [1.807, 2.05) is 53.7 Å². The normalized spacial score (nSPS) is 11.5. The van der Waals surface area contributed by atoms with Gasteiger partial charge in [0.25, 0.3) is 0 Å². The summed E-state index contributed by atoms with van der Waals surface area (Å²) in [6.45, 7) is 16.2. The highest BCUT2D eigenvalue weighted by Gasteiger charge is 2.31. The van der Waals surface area contributed by atoms with E-state index >= 15 is 0 Å². The van der Waals surface area contributed by atoms with Gasteiger partial charge in [0.2, 0.25) is 0 Å². The Labute approximate surface area is 194 Å². The number of Topliss-reactive ketones (excluding diaryl/α,β-unsaturated/α-hetero) is 1. The Morgan fingerprint density at radius 2 is 1.42 bits per heavy atom. The van der Waals surface area contributed by atoms with E-state index in [9.17, 15) is 9.90 Å². The van der Waals surface area contributed by atoms with Crippen molar-refractivity contribution in [1.82, 2.24) is 0 Å².